The lowest BCUT2D eigenvalue weighted by molar-refractivity contribution is -0.124. The highest BCUT2D eigenvalue weighted by molar-refractivity contribution is 6.07. The number of amides is 1. The normalized spacial score (nSPS) is 15.2. The van der Waals surface area contributed by atoms with Gasteiger partial charge in [-0.25, -0.2) is 9.78 Å². The second kappa shape index (κ2) is 8.53. The van der Waals surface area contributed by atoms with Gasteiger partial charge in [-0.2, -0.15) is 0 Å². The molecule has 1 aliphatic rings. The number of nitrogens with one attached hydrogen (secondary N) is 1. The van der Waals surface area contributed by atoms with Crippen molar-refractivity contribution in [3.63, 3.8) is 0 Å². The average molecular weight is 404 g/mol. The third-order valence-corrected chi connectivity index (χ3v) is 5.36. The third-order valence-electron chi connectivity index (χ3n) is 5.36. The quantitative estimate of drug-likeness (QED) is 0.617. The Morgan fingerprint density at radius 2 is 2.07 bits per heavy atom. The number of ether oxygens (including phenoxy) is 1. The molecule has 1 atom stereocenters. The van der Waals surface area contributed by atoms with E-state index in [0.717, 1.165) is 46.3 Å². The summed E-state index contributed by atoms with van der Waals surface area (Å²) >= 11 is 0. The molecule has 1 unspecified atom stereocenters. The summed E-state index contributed by atoms with van der Waals surface area (Å²) in [5.74, 6) is -0.0480. The van der Waals surface area contributed by atoms with E-state index in [1.807, 2.05) is 56.3 Å². The second-order valence-electron chi connectivity index (χ2n) is 7.47. The Bertz CT molecular complexity index is 1120. The molecule has 2 heterocycles. The van der Waals surface area contributed by atoms with E-state index in [9.17, 15) is 9.59 Å². The topological polar surface area (TPSA) is 81.4 Å². The largest absolute Gasteiger partial charge is 0.465 e. The van der Waals surface area contributed by atoms with E-state index in [0.29, 0.717) is 12.0 Å². The smallest absolute Gasteiger partial charge is 0.339 e. The first-order chi connectivity index (χ1) is 14.6. The van der Waals surface area contributed by atoms with Crippen molar-refractivity contribution >= 4 is 34.4 Å². The number of hydrogen-bond donors (Lipinski definition) is 1. The van der Waals surface area contributed by atoms with Gasteiger partial charge in [-0.15, -0.1) is 0 Å². The number of carbonyl (C=O) groups excluding carboxylic acids is 2. The van der Waals surface area contributed by atoms with Gasteiger partial charge in [-0.05, 0) is 61.6 Å². The van der Waals surface area contributed by atoms with Gasteiger partial charge in [0.1, 0.15) is 5.76 Å². The van der Waals surface area contributed by atoms with Crippen LogP contribution in [0.3, 0.4) is 0 Å². The monoisotopic (exact) mass is 404 g/mol. The Kier molecular flexibility index (Phi) is 5.65. The summed E-state index contributed by atoms with van der Waals surface area (Å²) < 4.78 is 10.8. The molecule has 0 fully saturated rings. The molecule has 30 heavy (non-hydrogen) atoms. The fourth-order valence-electron chi connectivity index (χ4n) is 3.68. The van der Waals surface area contributed by atoms with Gasteiger partial charge in [0.25, 0.3) is 5.91 Å². The van der Waals surface area contributed by atoms with E-state index in [2.05, 4.69) is 5.32 Å². The summed E-state index contributed by atoms with van der Waals surface area (Å²) in [6, 6.07) is 11.3. The van der Waals surface area contributed by atoms with Crippen molar-refractivity contribution in [1.82, 2.24) is 10.3 Å². The summed E-state index contributed by atoms with van der Waals surface area (Å²) in [7, 11) is 0. The number of furan rings is 1. The zero-order valence-electron chi connectivity index (χ0n) is 17.1. The third kappa shape index (κ3) is 3.99. The van der Waals surface area contributed by atoms with Gasteiger partial charge in [0.15, 0.2) is 6.61 Å². The van der Waals surface area contributed by atoms with Gasteiger partial charge in [0, 0.05) is 11.4 Å². The molecule has 0 spiro atoms. The van der Waals surface area contributed by atoms with Gasteiger partial charge < -0.3 is 14.5 Å². The molecule has 6 nitrogen and oxygen atoms in total. The Hall–Kier alpha value is -3.41. The van der Waals surface area contributed by atoms with Crippen LogP contribution in [-0.4, -0.2) is 29.5 Å². The van der Waals surface area contributed by atoms with Crippen molar-refractivity contribution in [2.45, 2.75) is 39.2 Å². The minimum Gasteiger partial charge on any atom is -0.465 e. The summed E-state index contributed by atoms with van der Waals surface area (Å²) in [5.41, 5.74) is 3.89. The zero-order chi connectivity index (χ0) is 21.1. The van der Waals surface area contributed by atoms with Crippen LogP contribution >= 0.6 is 0 Å². The maximum Gasteiger partial charge on any atom is 0.339 e. The van der Waals surface area contributed by atoms with Crippen molar-refractivity contribution in [3.05, 3.63) is 65.2 Å². The van der Waals surface area contributed by atoms with Gasteiger partial charge in [-0.1, -0.05) is 25.1 Å². The summed E-state index contributed by atoms with van der Waals surface area (Å²) in [4.78, 5) is 29.9. The molecule has 154 valence electrons. The highest BCUT2D eigenvalue weighted by atomic mass is 16.5. The lowest BCUT2D eigenvalue weighted by atomic mass is 10.0. The number of para-hydroxylation sites is 1. The average Bonchev–Trinajstić information content (AvgIpc) is 3.40. The van der Waals surface area contributed by atoms with Crippen LogP contribution in [0, 0.1) is 0 Å². The molecule has 0 bridgehead atoms. The van der Waals surface area contributed by atoms with Gasteiger partial charge in [0.2, 0.25) is 0 Å². The van der Waals surface area contributed by atoms with Crippen LogP contribution in [0.5, 0.6) is 0 Å². The van der Waals surface area contributed by atoms with Crippen LogP contribution in [0.1, 0.15) is 54.1 Å². The molecule has 0 saturated carbocycles. The molecule has 0 saturated heterocycles. The molecular weight excluding hydrogens is 380 g/mol. The summed E-state index contributed by atoms with van der Waals surface area (Å²) in [6.07, 6.45) is 5.84. The Morgan fingerprint density at radius 3 is 2.83 bits per heavy atom. The number of nitrogens with zero attached hydrogens (tertiary/aromatic N) is 1. The van der Waals surface area contributed by atoms with Crippen LogP contribution in [0.15, 0.2) is 47.1 Å². The first kappa shape index (κ1) is 19.9. The highest BCUT2D eigenvalue weighted by Crippen LogP contribution is 2.37. The molecular formula is C24H24N2O4. The molecule has 1 N–H and O–H groups in total. The second-order valence-corrected chi connectivity index (χ2v) is 7.47. The molecule has 2 aromatic heterocycles. The number of allylic oxidation sites excluding steroid dienone is 1. The fourth-order valence-corrected chi connectivity index (χ4v) is 3.68. The molecule has 1 amide bonds. The Morgan fingerprint density at radius 1 is 1.23 bits per heavy atom. The van der Waals surface area contributed by atoms with Crippen molar-refractivity contribution < 1.29 is 18.7 Å². The zero-order valence-corrected chi connectivity index (χ0v) is 17.1. The molecule has 3 aromatic rings. The minimum atomic E-state index is -0.497. The number of carbonyl (C=O) groups is 2. The van der Waals surface area contributed by atoms with Crippen molar-refractivity contribution in [2.75, 3.05) is 6.61 Å². The van der Waals surface area contributed by atoms with E-state index in [1.165, 1.54) is 0 Å². The van der Waals surface area contributed by atoms with E-state index in [1.54, 1.807) is 6.26 Å². The summed E-state index contributed by atoms with van der Waals surface area (Å²) in [6.45, 7) is 3.59. The highest BCUT2D eigenvalue weighted by Gasteiger charge is 2.28. The van der Waals surface area contributed by atoms with E-state index in [-0.39, 0.29) is 18.6 Å². The van der Waals surface area contributed by atoms with E-state index < -0.39 is 5.97 Å². The Labute approximate surface area is 174 Å². The minimum absolute atomic E-state index is 0.0384. The number of esters is 1. The van der Waals surface area contributed by atoms with Gasteiger partial charge in [0.05, 0.1) is 23.0 Å². The lowest BCUT2D eigenvalue weighted by Gasteiger charge is -2.14. The van der Waals surface area contributed by atoms with Crippen LogP contribution in [0.2, 0.25) is 0 Å². The lowest BCUT2D eigenvalue weighted by Crippen LogP contribution is -2.35. The van der Waals surface area contributed by atoms with Crippen LogP contribution in [0.4, 0.5) is 0 Å². The maximum absolute atomic E-state index is 13.0. The number of rotatable bonds is 6. The van der Waals surface area contributed by atoms with Crippen LogP contribution in [-0.2, 0) is 16.0 Å². The molecule has 0 aliphatic heterocycles. The molecule has 1 aliphatic carbocycles. The van der Waals surface area contributed by atoms with Gasteiger partial charge in [-0.3, -0.25) is 4.79 Å². The Balaban J connectivity index is 1.68. The van der Waals surface area contributed by atoms with E-state index >= 15 is 0 Å². The molecule has 6 heteroatoms. The first-order valence-electron chi connectivity index (χ1n) is 10.2. The van der Waals surface area contributed by atoms with Crippen molar-refractivity contribution in [3.8, 4) is 0 Å². The maximum atomic E-state index is 13.0. The first-order valence-corrected chi connectivity index (χ1v) is 10.2. The van der Waals surface area contributed by atoms with Crippen LogP contribution < -0.4 is 5.32 Å². The van der Waals surface area contributed by atoms with Crippen molar-refractivity contribution in [2.24, 2.45) is 0 Å². The molecule has 0 radical (unpaired) electrons. The molecule has 1 aromatic carbocycles. The van der Waals surface area contributed by atoms with Crippen molar-refractivity contribution in [1.29, 1.82) is 0 Å². The van der Waals surface area contributed by atoms with E-state index in [4.69, 9.17) is 14.1 Å². The van der Waals surface area contributed by atoms with Crippen LogP contribution in [0.25, 0.3) is 22.6 Å². The standard InChI is InChI=1S/C24H24N2O4/c1-3-15(2)25-21(27)14-30-24(28)22-18-8-4-5-9-20(18)26-23-16(10-11-19(22)23)13-17-7-6-12-29-17/h4-9,12-13,15H,3,10-11,14H2,1-2H3,(H,25,27)/b16-13+. The summed E-state index contributed by atoms with van der Waals surface area (Å²) in [5, 5.41) is 3.55. The molecule has 4 rings (SSSR count). The number of fused-ring (bicyclic) bond motifs is 2. The predicted octanol–water partition coefficient (Wildman–Crippen LogP) is 4.39. The fraction of sp³-hybridized carbons (Fsp3) is 0.292. The SMILES string of the molecule is CCC(C)NC(=O)COC(=O)c1c2c(nc3ccccc13)/C(=C/c1ccco1)CC2. The predicted molar refractivity (Wildman–Crippen MR) is 115 cm³/mol. The number of pyridine rings is 1. The van der Waals surface area contributed by atoms with Gasteiger partial charge >= 0.3 is 5.97 Å². The number of benzene rings is 1. The number of aromatic nitrogens is 1. The number of hydrogen-bond acceptors (Lipinski definition) is 5.